The molecule has 0 N–H and O–H groups in total. The van der Waals surface area contributed by atoms with E-state index in [0.717, 1.165) is 5.57 Å². The average Bonchev–Trinajstić information content (AvgIpc) is 2.76. The van der Waals surface area contributed by atoms with E-state index in [9.17, 15) is 14.4 Å². The highest BCUT2D eigenvalue weighted by atomic mass is 32.2. The van der Waals surface area contributed by atoms with Crippen LogP contribution in [0.5, 0.6) is 0 Å². The van der Waals surface area contributed by atoms with Crippen molar-refractivity contribution in [3.8, 4) is 0 Å². The zero-order valence-electron chi connectivity index (χ0n) is 14.6. The minimum Gasteiger partial charge on any atom is -0.337 e. The van der Waals surface area contributed by atoms with Gasteiger partial charge in [-0.1, -0.05) is 44.7 Å². The first-order chi connectivity index (χ1) is 10.6. The maximum atomic E-state index is 12.4. The van der Waals surface area contributed by atoms with E-state index in [-0.39, 0.29) is 29.9 Å². The van der Waals surface area contributed by atoms with Crippen LogP contribution in [0.15, 0.2) is 23.3 Å². The van der Waals surface area contributed by atoms with Gasteiger partial charge in [0.15, 0.2) is 5.78 Å². The normalized spacial score (nSPS) is 16.8. The van der Waals surface area contributed by atoms with Crippen molar-refractivity contribution < 1.29 is 14.4 Å². The molecular formula is C17H26N2O3S. The molecule has 0 aromatic rings. The number of likely N-dealkylation sites (N-methyl/N-ethyl adjacent to an activating group) is 1. The molecule has 0 spiro atoms. The molecule has 0 atom stereocenters. The average molecular weight is 338 g/mol. The molecule has 1 saturated heterocycles. The fourth-order valence-electron chi connectivity index (χ4n) is 1.97. The zero-order valence-corrected chi connectivity index (χ0v) is 15.5. The Labute approximate surface area is 142 Å². The van der Waals surface area contributed by atoms with Gasteiger partial charge >= 0.3 is 0 Å². The van der Waals surface area contributed by atoms with Gasteiger partial charge in [-0.2, -0.15) is 0 Å². The summed E-state index contributed by atoms with van der Waals surface area (Å²) in [5.41, 5.74) is 0.380. The number of carbonyl (C=O) groups excluding carboxylic acids is 3. The topological polar surface area (TPSA) is 57.7 Å². The standard InChI is InChI=1S/C17H26N2O3S/c1-7-18(9-12(2)3)14(21)10-19-15(22)11-23-16(19)8-13(20)17(4,5)6/h8H,2,7,9-11H2,1,3-6H3. The molecule has 6 heteroatoms. The Morgan fingerprint density at radius 1 is 1.39 bits per heavy atom. The van der Waals surface area contributed by atoms with E-state index >= 15 is 0 Å². The Kier molecular flexibility index (Phi) is 6.62. The quantitative estimate of drug-likeness (QED) is 0.551. The Hall–Kier alpha value is -1.56. The third-order valence-corrected chi connectivity index (χ3v) is 4.42. The molecule has 0 bridgehead atoms. The maximum Gasteiger partial charge on any atom is 0.242 e. The summed E-state index contributed by atoms with van der Waals surface area (Å²) in [5, 5.41) is 0.564. The number of hydrogen-bond donors (Lipinski definition) is 0. The molecule has 0 unspecified atom stereocenters. The van der Waals surface area contributed by atoms with E-state index in [1.54, 1.807) is 4.90 Å². The largest absolute Gasteiger partial charge is 0.337 e. The summed E-state index contributed by atoms with van der Waals surface area (Å²) in [6, 6.07) is 0. The van der Waals surface area contributed by atoms with Gasteiger partial charge < -0.3 is 4.90 Å². The van der Waals surface area contributed by atoms with Crippen LogP contribution in [0.2, 0.25) is 0 Å². The van der Waals surface area contributed by atoms with Crippen molar-refractivity contribution in [2.24, 2.45) is 5.41 Å². The summed E-state index contributed by atoms with van der Waals surface area (Å²) in [5.74, 6) is -0.0621. The molecule has 0 aliphatic carbocycles. The smallest absolute Gasteiger partial charge is 0.242 e. The van der Waals surface area contributed by atoms with Crippen LogP contribution in [0.1, 0.15) is 34.6 Å². The number of allylic oxidation sites excluding steroid dienone is 1. The number of rotatable bonds is 6. The van der Waals surface area contributed by atoms with E-state index in [1.807, 2.05) is 34.6 Å². The molecule has 1 rings (SSSR count). The molecule has 0 aromatic heterocycles. The summed E-state index contributed by atoms with van der Waals surface area (Å²) in [4.78, 5) is 39.7. The highest BCUT2D eigenvalue weighted by molar-refractivity contribution is 8.04. The monoisotopic (exact) mass is 338 g/mol. The van der Waals surface area contributed by atoms with Crippen molar-refractivity contribution in [2.75, 3.05) is 25.4 Å². The van der Waals surface area contributed by atoms with Crippen LogP contribution in [0, 0.1) is 5.41 Å². The van der Waals surface area contributed by atoms with E-state index in [0.29, 0.717) is 18.1 Å². The molecule has 0 saturated carbocycles. The summed E-state index contributed by atoms with van der Waals surface area (Å²) in [6.45, 7) is 14.1. The van der Waals surface area contributed by atoms with Gasteiger partial charge in [-0.15, -0.1) is 0 Å². The lowest BCUT2D eigenvalue weighted by molar-refractivity contribution is -0.136. The number of carbonyl (C=O) groups is 3. The summed E-state index contributed by atoms with van der Waals surface area (Å²) in [6.07, 6.45) is 1.48. The molecular weight excluding hydrogens is 312 g/mol. The second kappa shape index (κ2) is 7.81. The molecule has 1 heterocycles. The van der Waals surface area contributed by atoms with Crippen molar-refractivity contribution in [1.29, 1.82) is 0 Å². The van der Waals surface area contributed by atoms with Gasteiger partial charge in [0, 0.05) is 24.6 Å². The summed E-state index contributed by atoms with van der Waals surface area (Å²) >= 11 is 1.31. The van der Waals surface area contributed by atoms with Crippen LogP contribution >= 0.6 is 11.8 Å². The lowest BCUT2D eigenvalue weighted by Crippen LogP contribution is -2.41. The fraction of sp³-hybridized carbons (Fsp3) is 0.588. The first-order valence-corrected chi connectivity index (χ1v) is 8.66. The van der Waals surface area contributed by atoms with Gasteiger partial charge in [0.05, 0.1) is 10.8 Å². The number of ketones is 1. The SMILES string of the molecule is C=C(C)CN(CC)C(=O)CN1C(=O)CSC1=CC(=O)C(C)(C)C. The van der Waals surface area contributed by atoms with Crippen LogP contribution in [-0.4, -0.2) is 52.8 Å². The predicted octanol–water partition coefficient (Wildman–Crippen LogP) is 2.44. The van der Waals surface area contributed by atoms with Gasteiger partial charge in [-0.3, -0.25) is 19.3 Å². The highest BCUT2D eigenvalue weighted by Crippen LogP contribution is 2.30. The predicted molar refractivity (Wildman–Crippen MR) is 93.8 cm³/mol. The lowest BCUT2D eigenvalue weighted by atomic mass is 9.91. The van der Waals surface area contributed by atoms with E-state index < -0.39 is 5.41 Å². The number of hydrogen-bond acceptors (Lipinski definition) is 4. The summed E-state index contributed by atoms with van der Waals surface area (Å²) in [7, 11) is 0. The van der Waals surface area contributed by atoms with Crippen molar-refractivity contribution in [1.82, 2.24) is 9.80 Å². The molecule has 1 fully saturated rings. The molecule has 128 valence electrons. The fourth-order valence-corrected chi connectivity index (χ4v) is 2.91. The molecule has 0 radical (unpaired) electrons. The lowest BCUT2D eigenvalue weighted by Gasteiger charge is -2.25. The van der Waals surface area contributed by atoms with Crippen LogP contribution in [0.4, 0.5) is 0 Å². The van der Waals surface area contributed by atoms with Gasteiger partial charge in [0.1, 0.15) is 6.54 Å². The van der Waals surface area contributed by atoms with E-state index in [1.165, 1.54) is 22.7 Å². The maximum absolute atomic E-state index is 12.4. The summed E-state index contributed by atoms with van der Waals surface area (Å²) < 4.78 is 0. The van der Waals surface area contributed by atoms with Gasteiger partial charge in [-0.05, 0) is 13.8 Å². The second-order valence-corrected chi connectivity index (χ2v) is 7.73. The first kappa shape index (κ1) is 19.5. The van der Waals surface area contributed by atoms with Gasteiger partial charge in [0.2, 0.25) is 11.8 Å². The Bertz CT molecular complexity index is 547. The molecule has 1 aliphatic rings. The highest BCUT2D eigenvalue weighted by Gasteiger charge is 2.31. The van der Waals surface area contributed by atoms with Crippen molar-refractivity contribution in [2.45, 2.75) is 34.6 Å². The van der Waals surface area contributed by atoms with Crippen LogP contribution in [0.3, 0.4) is 0 Å². The minimum atomic E-state index is -0.510. The third-order valence-electron chi connectivity index (χ3n) is 3.39. The number of thioether (sulfide) groups is 1. The minimum absolute atomic E-state index is 0.0315. The molecule has 0 aromatic carbocycles. The van der Waals surface area contributed by atoms with E-state index in [4.69, 9.17) is 0 Å². The van der Waals surface area contributed by atoms with Crippen LogP contribution in [0.25, 0.3) is 0 Å². The molecule has 2 amide bonds. The Balaban J connectivity index is 2.89. The molecule has 23 heavy (non-hydrogen) atoms. The first-order valence-electron chi connectivity index (χ1n) is 7.67. The van der Waals surface area contributed by atoms with Crippen LogP contribution in [-0.2, 0) is 14.4 Å². The Morgan fingerprint density at radius 3 is 2.48 bits per heavy atom. The Morgan fingerprint density at radius 2 is 2.00 bits per heavy atom. The van der Waals surface area contributed by atoms with Gasteiger partial charge in [0.25, 0.3) is 0 Å². The van der Waals surface area contributed by atoms with Gasteiger partial charge in [-0.25, -0.2) is 0 Å². The number of amides is 2. The van der Waals surface area contributed by atoms with Crippen LogP contribution < -0.4 is 0 Å². The van der Waals surface area contributed by atoms with E-state index in [2.05, 4.69) is 6.58 Å². The zero-order chi connectivity index (χ0) is 17.8. The van der Waals surface area contributed by atoms with Crippen molar-refractivity contribution >= 4 is 29.4 Å². The third kappa shape index (κ3) is 5.53. The second-order valence-electron chi connectivity index (χ2n) is 6.73. The molecule has 1 aliphatic heterocycles. The van der Waals surface area contributed by atoms with Crippen molar-refractivity contribution in [3.63, 3.8) is 0 Å². The van der Waals surface area contributed by atoms with Crippen molar-refractivity contribution in [3.05, 3.63) is 23.3 Å². The molecule has 5 nitrogen and oxygen atoms in total. The number of nitrogens with zero attached hydrogens (tertiary/aromatic N) is 2.